The van der Waals surface area contributed by atoms with Gasteiger partial charge in [0, 0.05) is 23.8 Å². The van der Waals surface area contributed by atoms with Crippen molar-refractivity contribution in [2.45, 2.75) is 13.5 Å². The Hall–Kier alpha value is -3.53. The average Bonchev–Trinajstić information content (AvgIpc) is 2.67. The van der Waals surface area contributed by atoms with Crippen molar-refractivity contribution in [3.8, 4) is 22.8 Å². The van der Waals surface area contributed by atoms with Gasteiger partial charge in [0.1, 0.15) is 34.8 Å². The standard InChI is InChI=1S/C23H18O4/c1-15-7-9-16(10-8-15)14-26-18-11-19(24)23-20(25)13-21(27-22(23)12-18)17-5-3-2-4-6-17/h2-13,24H,14H2,1H3. The molecule has 0 aliphatic carbocycles. The van der Waals surface area contributed by atoms with Gasteiger partial charge in [-0.3, -0.25) is 4.79 Å². The van der Waals surface area contributed by atoms with Crippen LogP contribution < -0.4 is 10.2 Å². The highest BCUT2D eigenvalue weighted by Crippen LogP contribution is 2.31. The number of ether oxygens (including phenoxy) is 1. The van der Waals surface area contributed by atoms with Gasteiger partial charge >= 0.3 is 0 Å². The molecule has 3 aromatic carbocycles. The summed E-state index contributed by atoms with van der Waals surface area (Å²) in [4.78, 5) is 12.5. The maximum atomic E-state index is 12.5. The average molecular weight is 358 g/mol. The van der Waals surface area contributed by atoms with Gasteiger partial charge < -0.3 is 14.3 Å². The van der Waals surface area contributed by atoms with Crippen LogP contribution in [0.2, 0.25) is 0 Å². The minimum absolute atomic E-state index is 0.150. The Morgan fingerprint density at radius 2 is 1.70 bits per heavy atom. The van der Waals surface area contributed by atoms with E-state index in [0.29, 0.717) is 23.7 Å². The van der Waals surface area contributed by atoms with E-state index in [0.717, 1.165) is 11.1 Å². The SMILES string of the molecule is Cc1ccc(COc2cc(O)c3c(=O)cc(-c4ccccc4)oc3c2)cc1. The highest BCUT2D eigenvalue weighted by Gasteiger charge is 2.13. The van der Waals surface area contributed by atoms with Gasteiger partial charge in [-0.25, -0.2) is 0 Å². The second kappa shape index (κ2) is 7.00. The first kappa shape index (κ1) is 16.9. The number of aromatic hydroxyl groups is 1. The topological polar surface area (TPSA) is 59.7 Å². The van der Waals surface area contributed by atoms with Crippen molar-refractivity contribution in [3.05, 3.63) is 94.1 Å². The van der Waals surface area contributed by atoms with E-state index in [2.05, 4.69) is 0 Å². The molecule has 4 rings (SSSR count). The Bertz CT molecular complexity index is 1140. The van der Waals surface area contributed by atoms with Gasteiger partial charge in [-0.05, 0) is 12.5 Å². The third-order valence-electron chi connectivity index (χ3n) is 4.37. The molecule has 4 nitrogen and oxygen atoms in total. The zero-order chi connectivity index (χ0) is 18.8. The fourth-order valence-corrected chi connectivity index (χ4v) is 2.92. The van der Waals surface area contributed by atoms with Crippen LogP contribution in [0.15, 0.2) is 82.0 Å². The fourth-order valence-electron chi connectivity index (χ4n) is 2.92. The van der Waals surface area contributed by atoms with Crippen LogP contribution in [-0.2, 0) is 6.61 Å². The number of phenolic OH excluding ortho intramolecular Hbond substituents is 1. The molecular formula is C23H18O4. The van der Waals surface area contributed by atoms with Gasteiger partial charge in [0.2, 0.25) is 0 Å². The molecule has 0 spiro atoms. The maximum Gasteiger partial charge on any atom is 0.197 e. The van der Waals surface area contributed by atoms with Crippen molar-refractivity contribution < 1.29 is 14.3 Å². The van der Waals surface area contributed by atoms with Gasteiger partial charge in [-0.2, -0.15) is 0 Å². The van der Waals surface area contributed by atoms with E-state index in [1.165, 1.54) is 17.7 Å². The molecule has 0 radical (unpaired) electrons. The first-order valence-corrected chi connectivity index (χ1v) is 8.65. The molecule has 27 heavy (non-hydrogen) atoms. The summed E-state index contributed by atoms with van der Waals surface area (Å²) in [6.45, 7) is 2.38. The summed E-state index contributed by atoms with van der Waals surface area (Å²) in [7, 11) is 0. The van der Waals surface area contributed by atoms with Gasteiger partial charge in [0.25, 0.3) is 0 Å². The zero-order valence-corrected chi connectivity index (χ0v) is 14.8. The molecule has 0 saturated heterocycles. The summed E-state index contributed by atoms with van der Waals surface area (Å²) in [6.07, 6.45) is 0. The largest absolute Gasteiger partial charge is 0.507 e. The number of fused-ring (bicyclic) bond motifs is 1. The summed E-state index contributed by atoms with van der Waals surface area (Å²) in [5.74, 6) is 0.733. The van der Waals surface area contributed by atoms with Crippen LogP contribution in [0.1, 0.15) is 11.1 Å². The van der Waals surface area contributed by atoms with E-state index < -0.39 is 0 Å². The number of rotatable bonds is 4. The van der Waals surface area contributed by atoms with Gasteiger partial charge in [0.15, 0.2) is 5.43 Å². The Morgan fingerprint density at radius 3 is 2.44 bits per heavy atom. The molecule has 1 heterocycles. The molecular weight excluding hydrogens is 340 g/mol. The second-order valence-electron chi connectivity index (χ2n) is 6.43. The molecule has 0 bridgehead atoms. The summed E-state index contributed by atoms with van der Waals surface area (Å²) in [6, 6.07) is 21.8. The molecule has 0 amide bonds. The van der Waals surface area contributed by atoms with Crippen molar-refractivity contribution in [1.82, 2.24) is 0 Å². The Kier molecular flexibility index (Phi) is 4.38. The van der Waals surface area contributed by atoms with E-state index in [4.69, 9.17) is 9.15 Å². The zero-order valence-electron chi connectivity index (χ0n) is 14.8. The molecule has 0 saturated carbocycles. The summed E-state index contributed by atoms with van der Waals surface area (Å²) in [5, 5.41) is 10.4. The number of aryl methyl sites for hydroxylation is 1. The number of benzene rings is 3. The molecule has 0 aliphatic heterocycles. The molecule has 1 N–H and O–H groups in total. The van der Waals surface area contributed by atoms with Crippen LogP contribution in [0.25, 0.3) is 22.3 Å². The molecule has 4 aromatic rings. The highest BCUT2D eigenvalue weighted by atomic mass is 16.5. The Labute approximate surface area is 156 Å². The Morgan fingerprint density at radius 1 is 0.963 bits per heavy atom. The molecule has 0 fully saturated rings. The van der Waals surface area contributed by atoms with Gasteiger partial charge in [-0.1, -0.05) is 60.2 Å². The van der Waals surface area contributed by atoms with Crippen molar-refractivity contribution in [1.29, 1.82) is 0 Å². The lowest BCUT2D eigenvalue weighted by Gasteiger charge is -2.09. The third kappa shape index (κ3) is 3.55. The molecule has 0 unspecified atom stereocenters. The minimum Gasteiger partial charge on any atom is -0.507 e. The van der Waals surface area contributed by atoms with Crippen LogP contribution >= 0.6 is 0 Å². The summed E-state index contributed by atoms with van der Waals surface area (Å²) in [5.41, 5.74) is 2.98. The lowest BCUT2D eigenvalue weighted by molar-refractivity contribution is 0.304. The predicted molar refractivity (Wildman–Crippen MR) is 105 cm³/mol. The first-order valence-electron chi connectivity index (χ1n) is 8.65. The second-order valence-corrected chi connectivity index (χ2v) is 6.43. The van der Waals surface area contributed by atoms with Crippen LogP contribution in [-0.4, -0.2) is 5.11 Å². The summed E-state index contributed by atoms with van der Waals surface area (Å²) >= 11 is 0. The fraction of sp³-hybridized carbons (Fsp3) is 0.0870. The van der Waals surface area contributed by atoms with Crippen molar-refractivity contribution in [2.75, 3.05) is 0 Å². The lowest BCUT2D eigenvalue weighted by Crippen LogP contribution is -2.02. The number of hydrogen-bond donors (Lipinski definition) is 1. The summed E-state index contributed by atoms with van der Waals surface area (Å²) < 4.78 is 11.7. The molecule has 4 heteroatoms. The van der Waals surface area contributed by atoms with E-state index >= 15 is 0 Å². The molecule has 0 atom stereocenters. The monoisotopic (exact) mass is 358 g/mol. The van der Waals surface area contributed by atoms with Crippen LogP contribution in [0.5, 0.6) is 11.5 Å². The Balaban J connectivity index is 1.70. The predicted octanol–water partition coefficient (Wildman–Crippen LogP) is 5.05. The number of hydrogen-bond acceptors (Lipinski definition) is 4. The van der Waals surface area contributed by atoms with Crippen LogP contribution in [0.3, 0.4) is 0 Å². The third-order valence-corrected chi connectivity index (χ3v) is 4.37. The van der Waals surface area contributed by atoms with Crippen LogP contribution in [0.4, 0.5) is 0 Å². The first-order chi connectivity index (χ1) is 13.1. The quantitative estimate of drug-likeness (QED) is 0.554. The van der Waals surface area contributed by atoms with Crippen LogP contribution in [0, 0.1) is 6.92 Å². The van der Waals surface area contributed by atoms with E-state index in [1.807, 2.05) is 61.5 Å². The highest BCUT2D eigenvalue weighted by molar-refractivity contribution is 5.86. The van der Waals surface area contributed by atoms with Crippen molar-refractivity contribution in [3.63, 3.8) is 0 Å². The minimum atomic E-state index is -0.294. The van der Waals surface area contributed by atoms with Gasteiger partial charge in [0.05, 0.1) is 0 Å². The van der Waals surface area contributed by atoms with E-state index in [9.17, 15) is 9.90 Å². The van der Waals surface area contributed by atoms with Gasteiger partial charge in [-0.15, -0.1) is 0 Å². The molecule has 1 aromatic heterocycles. The number of phenols is 1. The smallest absolute Gasteiger partial charge is 0.197 e. The normalized spacial score (nSPS) is 10.9. The van der Waals surface area contributed by atoms with E-state index in [-0.39, 0.29) is 16.6 Å². The van der Waals surface area contributed by atoms with E-state index in [1.54, 1.807) is 6.07 Å². The van der Waals surface area contributed by atoms with Crippen molar-refractivity contribution in [2.24, 2.45) is 0 Å². The molecule has 0 aliphatic rings. The lowest BCUT2D eigenvalue weighted by atomic mass is 10.1. The van der Waals surface area contributed by atoms with Crippen molar-refractivity contribution >= 4 is 11.0 Å². The maximum absolute atomic E-state index is 12.5. The molecule has 134 valence electrons.